The first-order chi connectivity index (χ1) is 11.8. The molecule has 6 nitrogen and oxygen atoms in total. The monoisotopic (exact) mass is 343 g/mol. The number of unbranched alkanes of at least 4 members (excludes halogenated alkanes) is 2. The van der Waals surface area contributed by atoms with Crippen molar-refractivity contribution in [2.45, 2.75) is 46.5 Å². The quantitative estimate of drug-likeness (QED) is 0.363. The van der Waals surface area contributed by atoms with Crippen molar-refractivity contribution >= 4 is 17.6 Å². The number of benzene rings is 1. The van der Waals surface area contributed by atoms with Crippen LogP contribution in [-0.4, -0.2) is 23.5 Å². The number of aryl methyl sites for hydroxylation is 3. The Bertz CT molecular complexity index is 679. The fourth-order valence-corrected chi connectivity index (χ4v) is 2.58. The molecule has 0 saturated carbocycles. The predicted molar refractivity (Wildman–Crippen MR) is 97.1 cm³/mol. The number of nitrogens with zero attached hydrogens (tertiary/aromatic N) is 1. The Labute approximate surface area is 148 Å². The van der Waals surface area contributed by atoms with Gasteiger partial charge in [-0.05, 0) is 44.7 Å². The van der Waals surface area contributed by atoms with Crippen LogP contribution in [-0.2, 0) is 9.59 Å². The molecule has 0 unspecified atom stereocenters. The van der Waals surface area contributed by atoms with Crippen molar-refractivity contribution in [3.05, 3.63) is 40.6 Å². The van der Waals surface area contributed by atoms with E-state index in [-0.39, 0.29) is 12.0 Å². The number of hydrogen-bond acceptors (Lipinski definition) is 4. The molecule has 134 valence electrons. The predicted octanol–water partition coefficient (Wildman–Crippen LogP) is 3.19. The third-order valence-electron chi connectivity index (χ3n) is 3.76. The molecule has 0 aliphatic rings. The number of nitriles is 1. The summed E-state index contributed by atoms with van der Waals surface area (Å²) < 4.78 is 0. The third-order valence-corrected chi connectivity index (χ3v) is 3.76. The van der Waals surface area contributed by atoms with Gasteiger partial charge < -0.3 is 15.7 Å². The first-order valence-corrected chi connectivity index (χ1v) is 8.29. The van der Waals surface area contributed by atoms with Crippen molar-refractivity contribution in [2.24, 2.45) is 0 Å². The Balaban J connectivity index is 2.55. The van der Waals surface area contributed by atoms with Gasteiger partial charge in [-0.25, -0.2) is 0 Å². The highest BCUT2D eigenvalue weighted by Gasteiger charge is 2.09. The van der Waals surface area contributed by atoms with Crippen molar-refractivity contribution < 1.29 is 14.7 Å². The van der Waals surface area contributed by atoms with Gasteiger partial charge in [0.25, 0.3) is 5.91 Å². The lowest BCUT2D eigenvalue weighted by Crippen LogP contribution is -2.26. The maximum atomic E-state index is 12.0. The first kappa shape index (κ1) is 20.2. The number of nitrogens with one attached hydrogen (secondary N) is 2. The molecule has 1 aromatic rings. The molecular formula is C19H25N3O3. The number of anilines is 1. The lowest BCUT2D eigenvalue weighted by Gasteiger charge is -2.11. The minimum Gasteiger partial charge on any atom is -0.481 e. The van der Waals surface area contributed by atoms with Crippen LogP contribution in [0.5, 0.6) is 0 Å². The van der Waals surface area contributed by atoms with Gasteiger partial charge in [-0.2, -0.15) is 5.26 Å². The van der Waals surface area contributed by atoms with Crippen LogP contribution in [0.2, 0.25) is 0 Å². The van der Waals surface area contributed by atoms with Crippen LogP contribution in [0.1, 0.15) is 42.4 Å². The normalized spacial score (nSPS) is 10.9. The van der Waals surface area contributed by atoms with E-state index in [1.165, 1.54) is 6.20 Å². The first-order valence-electron chi connectivity index (χ1n) is 8.29. The van der Waals surface area contributed by atoms with E-state index in [1.807, 2.05) is 39.0 Å². The van der Waals surface area contributed by atoms with Crippen LogP contribution >= 0.6 is 0 Å². The maximum absolute atomic E-state index is 12.0. The fraction of sp³-hybridized carbons (Fsp3) is 0.421. The number of carboxylic acid groups (broad SMARTS) is 1. The molecule has 0 atom stereocenters. The van der Waals surface area contributed by atoms with E-state index in [1.54, 1.807) is 0 Å². The number of carbonyl (C=O) groups excluding carboxylic acids is 1. The lowest BCUT2D eigenvalue weighted by atomic mass is 10.1. The highest BCUT2D eigenvalue weighted by Crippen LogP contribution is 2.22. The van der Waals surface area contributed by atoms with Crippen LogP contribution in [0.25, 0.3) is 0 Å². The number of rotatable bonds is 9. The van der Waals surface area contributed by atoms with E-state index < -0.39 is 11.9 Å². The second kappa shape index (κ2) is 10.1. The van der Waals surface area contributed by atoms with Gasteiger partial charge in [-0.3, -0.25) is 9.59 Å². The summed E-state index contributed by atoms with van der Waals surface area (Å²) in [7, 11) is 0. The molecule has 1 rings (SSSR count). The topological polar surface area (TPSA) is 102 Å². The zero-order valence-electron chi connectivity index (χ0n) is 15.0. The molecule has 25 heavy (non-hydrogen) atoms. The number of carboxylic acids is 1. The summed E-state index contributed by atoms with van der Waals surface area (Å²) in [5.74, 6) is -1.25. The van der Waals surface area contributed by atoms with Gasteiger partial charge in [0.1, 0.15) is 11.6 Å². The summed E-state index contributed by atoms with van der Waals surface area (Å²) in [5, 5.41) is 23.5. The number of hydrogen-bond donors (Lipinski definition) is 3. The molecule has 6 heteroatoms. The summed E-state index contributed by atoms with van der Waals surface area (Å²) in [5.41, 5.74) is 4.14. The Morgan fingerprint density at radius 3 is 2.36 bits per heavy atom. The highest BCUT2D eigenvalue weighted by atomic mass is 16.4. The Morgan fingerprint density at radius 2 is 1.80 bits per heavy atom. The van der Waals surface area contributed by atoms with Gasteiger partial charge in [0.2, 0.25) is 0 Å². The minimum atomic E-state index is -0.813. The van der Waals surface area contributed by atoms with Crippen molar-refractivity contribution in [2.75, 3.05) is 11.9 Å². The van der Waals surface area contributed by atoms with Gasteiger partial charge >= 0.3 is 5.97 Å². The lowest BCUT2D eigenvalue weighted by molar-refractivity contribution is -0.137. The Morgan fingerprint density at radius 1 is 1.16 bits per heavy atom. The molecule has 0 aliphatic heterocycles. The maximum Gasteiger partial charge on any atom is 0.303 e. The number of carbonyl (C=O) groups is 2. The van der Waals surface area contributed by atoms with Gasteiger partial charge in [0.15, 0.2) is 0 Å². The summed E-state index contributed by atoms with van der Waals surface area (Å²) in [4.78, 5) is 22.4. The van der Waals surface area contributed by atoms with E-state index in [0.717, 1.165) is 28.8 Å². The molecule has 3 N–H and O–H groups in total. The molecule has 0 spiro atoms. The molecule has 0 fully saturated rings. The second-order valence-corrected chi connectivity index (χ2v) is 6.05. The number of amides is 1. The standard InChI is InChI=1S/C19H25N3O3/c1-13-9-14(2)18(15(3)10-13)22-12-16(11-20)19(25)21-8-6-4-5-7-17(23)24/h9-10,12,22H,4-8H2,1-3H3,(H,21,25)(H,23,24)/b16-12-. The second-order valence-electron chi connectivity index (χ2n) is 6.05. The molecule has 1 amide bonds. The van der Waals surface area contributed by atoms with E-state index in [4.69, 9.17) is 5.11 Å². The minimum absolute atomic E-state index is 0.00455. The average molecular weight is 343 g/mol. The summed E-state index contributed by atoms with van der Waals surface area (Å²) in [6.07, 6.45) is 3.54. The van der Waals surface area contributed by atoms with Gasteiger partial charge in [-0.15, -0.1) is 0 Å². The average Bonchev–Trinajstić information content (AvgIpc) is 2.52. The van der Waals surface area contributed by atoms with Crippen molar-refractivity contribution in [3.8, 4) is 6.07 Å². The zero-order chi connectivity index (χ0) is 18.8. The van der Waals surface area contributed by atoms with Gasteiger partial charge in [0.05, 0.1) is 0 Å². The SMILES string of the molecule is Cc1cc(C)c(N/C=C(/C#N)C(=O)NCCCCCC(=O)O)c(C)c1. The zero-order valence-corrected chi connectivity index (χ0v) is 15.0. The van der Waals surface area contributed by atoms with Crippen molar-refractivity contribution in [1.82, 2.24) is 5.32 Å². The van der Waals surface area contributed by atoms with E-state index in [9.17, 15) is 14.9 Å². The molecule has 0 heterocycles. The smallest absolute Gasteiger partial charge is 0.303 e. The number of aliphatic carboxylic acids is 1. The highest BCUT2D eigenvalue weighted by molar-refractivity contribution is 5.97. The largest absolute Gasteiger partial charge is 0.481 e. The van der Waals surface area contributed by atoms with Gasteiger partial charge in [0, 0.05) is 24.9 Å². The molecule has 0 radical (unpaired) electrons. The summed E-state index contributed by atoms with van der Waals surface area (Å²) in [6, 6.07) is 5.97. The molecule has 0 saturated heterocycles. The summed E-state index contributed by atoms with van der Waals surface area (Å²) >= 11 is 0. The Hall–Kier alpha value is -2.81. The van der Waals surface area contributed by atoms with Crippen molar-refractivity contribution in [3.63, 3.8) is 0 Å². The van der Waals surface area contributed by atoms with Crippen LogP contribution in [0.4, 0.5) is 5.69 Å². The molecule has 0 aliphatic carbocycles. The van der Waals surface area contributed by atoms with Crippen LogP contribution in [0, 0.1) is 32.1 Å². The van der Waals surface area contributed by atoms with Gasteiger partial charge in [-0.1, -0.05) is 24.1 Å². The molecule has 1 aromatic carbocycles. The van der Waals surface area contributed by atoms with Crippen LogP contribution in [0.15, 0.2) is 23.9 Å². The van der Waals surface area contributed by atoms with E-state index in [2.05, 4.69) is 10.6 Å². The van der Waals surface area contributed by atoms with Crippen molar-refractivity contribution in [1.29, 1.82) is 5.26 Å². The van der Waals surface area contributed by atoms with E-state index >= 15 is 0 Å². The summed E-state index contributed by atoms with van der Waals surface area (Å²) in [6.45, 7) is 6.38. The fourth-order valence-electron chi connectivity index (χ4n) is 2.58. The molecule has 0 bridgehead atoms. The van der Waals surface area contributed by atoms with Crippen LogP contribution < -0.4 is 10.6 Å². The van der Waals surface area contributed by atoms with E-state index in [0.29, 0.717) is 19.4 Å². The third kappa shape index (κ3) is 7.08. The van der Waals surface area contributed by atoms with Crippen LogP contribution in [0.3, 0.4) is 0 Å². The molecular weight excluding hydrogens is 318 g/mol. The molecule has 0 aromatic heterocycles. The Kier molecular flexibility index (Phi) is 8.21.